The van der Waals surface area contributed by atoms with Crippen LogP contribution in [0.5, 0.6) is 0 Å². The van der Waals surface area contributed by atoms with Crippen molar-refractivity contribution in [1.29, 1.82) is 5.26 Å². The smallest absolute Gasteiger partial charge is 0.144 e. The molecule has 5 heteroatoms. The SMILES string of the molecule is Cc1nn(C)c(N(C)C2CCC(=O)CC2)c1C#N. The van der Waals surface area contributed by atoms with Gasteiger partial charge in [-0.05, 0) is 19.8 Å². The number of nitrogens with zero attached hydrogens (tertiary/aromatic N) is 4. The van der Waals surface area contributed by atoms with Crippen LogP contribution in [0.15, 0.2) is 0 Å². The van der Waals surface area contributed by atoms with Gasteiger partial charge >= 0.3 is 0 Å². The van der Waals surface area contributed by atoms with Crippen LogP contribution in [0.2, 0.25) is 0 Å². The summed E-state index contributed by atoms with van der Waals surface area (Å²) in [6, 6.07) is 2.55. The summed E-state index contributed by atoms with van der Waals surface area (Å²) in [6.45, 7) is 1.85. The first-order valence-corrected chi connectivity index (χ1v) is 6.22. The molecule has 0 aromatic carbocycles. The van der Waals surface area contributed by atoms with Crippen molar-refractivity contribution in [3.8, 4) is 6.07 Å². The van der Waals surface area contributed by atoms with Crippen molar-refractivity contribution in [2.24, 2.45) is 7.05 Å². The number of anilines is 1. The molecule has 0 spiro atoms. The predicted molar refractivity (Wildman–Crippen MR) is 68.3 cm³/mol. The summed E-state index contributed by atoms with van der Waals surface area (Å²) < 4.78 is 1.75. The van der Waals surface area contributed by atoms with Gasteiger partial charge in [0.1, 0.15) is 23.2 Å². The lowest BCUT2D eigenvalue weighted by Crippen LogP contribution is -2.36. The van der Waals surface area contributed by atoms with E-state index in [2.05, 4.69) is 16.1 Å². The first kappa shape index (κ1) is 12.6. The Hall–Kier alpha value is -1.83. The summed E-state index contributed by atoms with van der Waals surface area (Å²) >= 11 is 0. The molecule has 96 valence electrons. The van der Waals surface area contributed by atoms with Gasteiger partial charge in [-0.1, -0.05) is 0 Å². The summed E-state index contributed by atoms with van der Waals surface area (Å²) in [6.07, 6.45) is 3.02. The second kappa shape index (κ2) is 4.81. The van der Waals surface area contributed by atoms with Crippen molar-refractivity contribution in [3.63, 3.8) is 0 Å². The van der Waals surface area contributed by atoms with E-state index in [1.807, 2.05) is 21.0 Å². The zero-order chi connectivity index (χ0) is 13.3. The number of ketones is 1. The lowest BCUT2D eigenvalue weighted by atomic mass is 9.93. The zero-order valence-electron chi connectivity index (χ0n) is 11.1. The van der Waals surface area contributed by atoms with Crippen molar-refractivity contribution in [3.05, 3.63) is 11.3 Å². The van der Waals surface area contributed by atoms with E-state index in [9.17, 15) is 10.1 Å². The van der Waals surface area contributed by atoms with Crippen molar-refractivity contribution in [1.82, 2.24) is 9.78 Å². The monoisotopic (exact) mass is 246 g/mol. The molecule has 0 bridgehead atoms. The highest BCUT2D eigenvalue weighted by Crippen LogP contribution is 2.28. The number of hydrogen-bond donors (Lipinski definition) is 0. The molecule has 0 aliphatic heterocycles. The van der Waals surface area contributed by atoms with Crippen LogP contribution in [-0.2, 0) is 11.8 Å². The predicted octanol–water partition coefficient (Wildman–Crippen LogP) is 1.55. The van der Waals surface area contributed by atoms with Gasteiger partial charge in [-0.3, -0.25) is 9.48 Å². The molecule has 0 N–H and O–H groups in total. The van der Waals surface area contributed by atoms with Crippen molar-refractivity contribution < 1.29 is 4.79 Å². The fraction of sp³-hybridized carbons (Fsp3) is 0.615. The second-order valence-electron chi connectivity index (χ2n) is 4.90. The highest BCUT2D eigenvalue weighted by Gasteiger charge is 2.26. The summed E-state index contributed by atoms with van der Waals surface area (Å²) in [5.41, 5.74) is 1.39. The van der Waals surface area contributed by atoms with E-state index < -0.39 is 0 Å². The second-order valence-corrected chi connectivity index (χ2v) is 4.90. The Morgan fingerprint density at radius 1 is 1.44 bits per heavy atom. The third-order valence-corrected chi connectivity index (χ3v) is 3.70. The Kier molecular flexibility index (Phi) is 3.37. The number of Topliss-reactive ketones (excluding diaryl/α,β-unsaturated/α-hetero) is 1. The Balaban J connectivity index is 2.26. The Bertz CT molecular complexity index is 502. The molecule has 0 unspecified atom stereocenters. The Morgan fingerprint density at radius 3 is 2.61 bits per heavy atom. The Labute approximate surface area is 107 Å². The lowest BCUT2D eigenvalue weighted by Gasteiger charge is -2.32. The topological polar surface area (TPSA) is 61.9 Å². The number of nitriles is 1. The number of hydrogen-bond acceptors (Lipinski definition) is 4. The van der Waals surface area contributed by atoms with Crippen molar-refractivity contribution in [2.75, 3.05) is 11.9 Å². The van der Waals surface area contributed by atoms with E-state index >= 15 is 0 Å². The van der Waals surface area contributed by atoms with E-state index in [4.69, 9.17) is 0 Å². The number of rotatable bonds is 2. The van der Waals surface area contributed by atoms with Crippen LogP contribution >= 0.6 is 0 Å². The molecule has 1 aliphatic carbocycles. The fourth-order valence-electron chi connectivity index (χ4n) is 2.67. The van der Waals surface area contributed by atoms with Crippen LogP contribution in [0, 0.1) is 18.3 Å². The highest BCUT2D eigenvalue weighted by atomic mass is 16.1. The molecule has 0 radical (unpaired) electrons. The number of aryl methyl sites for hydroxylation is 2. The normalized spacial score (nSPS) is 16.7. The number of carbonyl (C=O) groups is 1. The number of carbonyl (C=O) groups excluding carboxylic acids is 1. The van der Waals surface area contributed by atoms with Crippen LogP contribution in [0.25, 0.3) is 0 Å². The maximum absolute atomic E-state index is 11.3. The molecular formula is C13H18N4O. The molecule has 1 saturated carbocycles. The molecule has 0 amide bonds. The van der Waals surface area contributed by atoms with Gasteiger partial charge in [0.25, 0.3) is 0 Å². The Morgan fingerprint density at radius 2 is 2.06 bits per heavy atom. The van der Waals surface area contributed by atoms with Gasteiger partial charge in [0, 0.05) is 33.0 Å². The minimum Gasteiger partial charge on any atom is -0.356 e. The van der Waals surface area contributed by atoms with Gasteiger partial charge in [0.2, 0.25) is 0 Å². The minimum absolute atomic E-state index is 0.324. The molecule has 1 heterocycles. The van der Waals surface area contributed by atoms with Crippen molar-refractivity contribution >= 4 is 11.6 Å². The van der Waals surface area contributed by atoms with E-state index in [1.54, 1.807) is 4.68 Å². The largest absolute Gasteiger partial charge is 0.356 e. The molecular weight excluding hydrogens is 228 g/mol. The average molecular weight is 246 g/mol. The molecule has 5 nitrogen and oxygen atoms in total. The van der Waals surface area contributed by atoms with E-state index in [1.165, 1.54) is 0 Å². The average Bonchev–Trinajstić information content (AvgIpc) is 2.63. The van der Waals surface area contributed by atoms with Crippen LogP contribution in [0.4, 0.5) is 5.82 Å². The first-order chi connectivity index (χ1) is 8.54. The third kappa shape index (κ3) is 2.10. The standard InChI is InChI=1S/C13H18N4O/c1-9-12(8-14)13(17(3)15-9)16(2)10-4-6-11(18)7-5-10/h10H,4-7H2,1-3H3. The maximum Gasteiger partial charge on any atom is 0.144 e. The quantitative estimate of drug-likeness (QED) is 0.794. The van der Waals surface area contributed by atoms with Crippen LogP contribution in [-0.4, -0.2) is 28.7 Å². The molecule has 1 aromatic heterocycles. The van der Waals surface area contributed by atoms with Gasteiger partial charge in [-0.2, -0.15) is 10.4 Å². The third-order valence-electron chi connectivity index (χ3n) is 3.70. The maximum atomic E-state index is 11.3. The van der Waals surface area contributed by atoms with Gasteiger partial charge in [0.15, 0.2) is 0 Å². The molecule has 1 aromatic rings. The minimum atomic E-state index is 0.324. The van der Waals surface area contributed by atoms with Gasteiger partial charge in [0.05, 0.1) is 5.69 Å². The molecule has 1 aliphatic rings. The fourth-order valence-corrected chi connectivity index (χ4v) is 2.67. The van der Waals surface area contributed by atoms with Crippen LogP contribution in [0.1, 0.15) is 36.9 Å². The summed E-state index contributed by atoms with van der Waals surface area (Å²) in [7, 11) is 3.84. The van der Waals surface area contributed by atoms with Crippen molar-refractivity contribution in [2.45, 2.75) is 38.6 Å². The molecule has 18 heavy (non-hydrogen) atoms. The van der Waals surface area contributed by atoms with E-state index in [0.29, 0.717) is 30.2 Å². The van der Waals surface area contributed by atoms with Gasteiger partial charge in [-0.15, -0.1) is 0 Å². The summed E-state index contributed by atoms with van der Waals surface area (Å²) in [5.74, 6) is 1.20. The van der Waals surface area contributed by atoms with E-state index in [0.717, 1.165) is 24.4 Å². The summed E-state index contributed by atoms with van der Waals surface area (Å²) in [5, 5.41) is 13.5. The molecule has 1 fully saturated rings. The number of aromatic nitrogens is 2. The first-order valence-electron chi connectivity index (χ1n) is 6.22. The molecule has 0 saturated heterocycles. The van der Waals surface area contributed by atoms with Gasteiger partial charge < -0.3 is 4.90 Å². The summed E-state index contributed by atoms with van der Waals surface area (Å²) in [4.78, 5) is 13.4. The molecule has 2 rings (SSSR count). The zero-order valence-corrected chi connectivity index (χ0v) is 11.1. The van der Waals surface area contributed by atoms with Gasteiger partial charge in [-0.25, -0.2) is 0 Å². The molecule has 0 atom stereocenters. The lowest BCUT2D eigenvalue weighted by molar-refractivity contribution is -0.120. The van der Waals surface area contributed by atoms with E-state index in [-0.39, 0.29) is 0 Å². The van der Waals surface area contributed by atoms with Crippen LogP contribution < -0.4 is 4.90 Å². The van der Waals surface area contributed by atoms with Crippen LogP contribution in [0.3, 0.4) is 0 Å². The highest BCUT2D eigenvalue weighted by molar-refractivity contribution is 5.79.